The molecule has 0 unspecified atom stereocenters. The van der Waals surface area contributed by atoms with Gasteiger partial charge in [0.1, 0.15) is 5.82 Å². The highest BCUT2D eigenvalue weighted by atomic mass is 32.2. The molecule has 1 spiro atoms. The van der Waals surface area contributed by atoms with Crippen molar-refractivity contribution in [1.29, 1.82) is 0 Å². The second kappa shape index (κ2) is 8.81. The van der Waals surface area contributed by atoms with Gasteiger partial charge in [0.2, 0.25) is 16.5 Å². The Morgan fingerprint density at radius 3 is 2.26 bits per heavy atom. The van der Waals surface area contributed by atoms with Gasteiger partial charge in [-0.3, -0.25) is 14.5 Å². The summed E-state index contributed by atoms with van der Waals surface area (Å²) < 4.78 is 30.9. The van der Waals surface area contributed by atoms with Crippen LogP contribution in [0.5, 0.6) is 17.2 Å². The van der Waals surface area contributed by atoms with Crippen LogP contribution in [0, 0.1) is 5.82 Å². The van der Waals surface area contributed by atoms with Crippen molar-refractivity contribution in [3.63, 3.8) is 0 Å². The van der Waals surface area contributed by atoms with Crippen LogP contribution in [0.25, 0.3) is 0 Å². The summed E-state index contributed by atoms with van der Waals surface area (Å²) >= 11 is 1.25. The molecule has 0 bridgehead atoms. The van der Waals surface area contributed by atoms with E-state index in [0.717, 1.165) is 0 Å². The third-order valence-electron chi connectivity index (χ3n) is 6.26. The van der Waals surface area contributed by atoms with Crippen LogP contribution < -0.4 is 24.0 Å². The lowest BCUT2D eigenvalue weighted by atomic mass is 10.0. The fraction of sp³-hybridized carbons (Fsp3) is 0.231. The summed E-state index contributed by atoms with van der Waals surface area (Å²) in [6.07, 6.45) is 0. The summed E-state index contributed by atoms with van der Waals surface area (Å²) in [4.78, 5) is 29.2. The van der Waals surface area contributed by atoms with E-state index < -0.39 is 10.7 Å². The van der Waals surface area contributed by atoms with E-state index in [-0.39, 0.29) is 24.1 Å². The van der Waals surface area contributed by atoms with Crippen molar-refractivity contribution in [1.82, 2.24) is 0 Å². The molecule has 2 heterocycles. The molecule has 3 aromatic carbocycles. The van der Waals surface area contributed by atoms with Crippen LogP contribution >= 0.6 is 11.8 Å². The molecule has 3 aromatic rings. The monoisotopic (exact) mass is 494 g/mol. The van der Waals surface area contributed by atoms with Crippen molar-refractivity contribution in [3.8, 4) is 17.2 Å². The number of rotatable bonds is 6. The van der Waals surface area contributed by atoms with Gasteiger partial charge in [-0.1, -0.05) is 36.4 Å². The number of thioether (sulfide) groups is 1. The first-order chi connectivity index (χ1) is 17.0. The van der Waals surface area contributed by atoms with E-state index in [0.29, 0.717) is 39.8 Å². The normalized spacial score (nSPS) is 18.9. The molecule has 0 radical (unpaired) electrons. The van der Waals surface area contributed by atoms with E-state index >= 15 is 0 Å². The number of fused-ring (bicyclic) bond motifs is 2. The Morgan fingerprint density at radius 2 is 1.60 bits per heavy atom. The fourth-order valence-corrected chi connectivity index (χ4v) is 6.07. The van der Waals surface area contributed by atoms with Crippen LogP contribution in [-0.4, -0.2) is 38.9 Å². The summed E-state index contributed by atoms with van der Waals surface area (Å²) in [5.41, 5.74) is 2.14. The van der Waals surface area contributed by atoms with Gasteiger partial charge in [0.05, 0.1) is 45.0 Å². The average molecular weight is 495 g/mol. The van der Waals surface area contributed by atoms with Gasteiger partial charge in [0.25, 0.3) is 5.91 Å². The summed E-state index contributed by atoms with van der Waals surface area (Å²) in [6.45, 7) is 0.0438. The second-order valence-electron chi connectivity index (χ2n) is 8.05. The molecule has 9 heteroatoms. The fourth-order valence-electron chi connectivity index (χ4n) is 4.71. The third kappa shape index (κ3) is 3.41. The topological polar surface area (TPSA) is 68.3 Å². The van der Waals surface area contributed by atoms with Crippen LogP contribution in [-0.2, 0) is 21.0 Å². The van der Waals surface area contributed by atoms with Gasteiger partial charge in [-0.05, 0) is 12.1 Å². The zero-order valence-corrected chi connectivity index (χ0v) is 20.2. The Morgan fingerprint density at radius 1 is 0.943 bits per heavy atom. The third-order valence-corrected chi connectivity index (χ3v) is 7.64. The van der Waals surface area contributed by atoms with Gasteiger partial charge >= 0.3 is 0 Å². The molecule has 5 rings (SSSR count). The number of hydrogen-bond donors (Lipinski definition) is 0. The average Bonchev–Trinajstić information content (AvgIpc) is 3.35. The highest BCUT2D eigenvalue weighted by Crippen LogP contribution is 2.57. The maximum atomic E-state index is 14.5. The minimum absolute atomic E-state index is 0.0438. The first kappa shape index (κ1) is 23.0. The smallest absolute Gasteiger partial charge is 0.269 e. The number of carbonyl (C=O) groups is 2. The maximum Gasteiger partial charge on any atom is 0.269 e. The number of anilines is 2. The van der Waals surface area contributed by atoms with Crippen molar-refractivity contribution >= 4 is 35.0 Å². The molecule has 2 amide bonds. The molecule has 7 nitrogen and oxygen atoms in total. The molecular weight excluding hydrogens is 471 g/mol. The summed E-state index contributed by atoms with van der Waals surface area (Å²) in [5.74, 6) is 0.269. The molecule has 180 valence electrons. The number of carbonyl (C=O) groups excluding carboxylic acids is 2. The molecule has 0 saturated carbocycles. The predicted octanol–water partition coefficient (Wildman–Crippen LogP) is 4.33. The maximum absolute atomic E-state index is 14.5. The van der Waals surface area contributed by atoms with E-state index in [4.69, 9.17) is 14.2 Å². The van der Waals surface area contributed by atoms with Crippen LogP contribution in [0.15, 0.2) is 60.7 Å². The lowest BCUT2D eigenvalue weighted by molar-refractivity contribution is -0.123. The molecule has 1 fully saturated rings. The van der Waals surface area contributed by atoms with Crippen molar-refractivity contribution < 1.29 is 28.2 Å². The van der Waals surface area contributed by atoms with E-state index in [9.17, 15) is 14.0 Å². The molecule has 1 saturated heterocycles. The van der Waals surface area contributed by atoms with Crippen LogP contribution in [0.4, 0.5) is 15.8 Å². The van der Waals surface area contributed by atoms with E-state index in [1.807, 2.05) is 24.3 Å². The Hall–Kier alpha value is -3.72. The van der Waals surface area contributed by atoms with Crippen LogP contribution in [0.2, 0.25) is 0 Å². The van der Waals surface area contributed by atoms with E-state index in [1.54, 1.807) is 35.2 Å². The Labute approximate surface area is 206 Å². The largest absolute Gasteiger partial charge is 0.493 e. The molecule has 0 aliphatic carbocycles. The van der Waals surface area contributed by atoms with Crippen LogP contribution in [0.1, 0.15) is 11.1 Å². The molecule has 35 heavy (non-hydrogen) atoms. The SMILES string of the molecule is COc1cc(N2C(=O)CS[C@]23C(=O)N(Cc2ccccc2F)c2ccccc23)cc(OC)c1OC. The highest BCUT2D eigenvalue weighted by molar-refractivity contribution is 8.02. The molecule has 2 aliphatic rings. The molecule has 0 N–H and O–H groups in total. The quantitative estimate of drug-likeness (QED) is 0.508. The van der Waals surface area contributed by atoms with Gasteiger partial charge in [0, 0.05) is 23.3 Å². The van der Waals surface area contributed by atoms with Gasteiger partial charge in [-0.2, -0.15) is 0 Å². The number of halogens is 1. The number of methoxy groups -OCH3 is 3. The summed E-state index contributed by atoms with van der Waals surface area (Å²) in [6, 6.07) is 17.0. The summed E-state index contributed by atoms with van der Waals surface area (Å²) in [7, 11) is 4.48. The van der Waals surface area contributed by atoms with Gasteiger partial charge < -0.3 is 19.1 Å². The number of benzene rings is 3. The van der Waals surface area contributed by atoms with Gasteiger partial charge in [-0.25, -0.2) is 4.39 Å². The first-order valence-corrected chi connectivity index (χ1v) is 11.9. The Bertz CT molecular complexity index is 1310. The number of nitrogens with zero attached hydrogens (tertiary/aromatic N) is 2. The minimum Gasteiger partial charge on any atom is -0.493 e. The Balaban J connectivity index is 1.67. The van der Waals surface area contributed by atoms with Crippen LogP contribution in [0.3, 0.4) is 0 Å². The number of amides is 2. The summed E-state index contributed by atoms with van der Waals surface area (Å²) in [5, 5.41) is 0. The van der Waals surface area contributed by atoms with Crippen molar-refractivity contribution in [2.45, 2.75) is 11.4 Å². The number of hydrogen-bond acceptors (Lipinski definition) is 6. The van der Waals surface area contributed by atoms with Crippen molar-refractivity contribution in [2.24, 2.45) is 0 Å². The van der Waals surface area contributed by atoms with Gasteiger partial charge in [0.15, 0.2) is 11.5 Å². The van der Waals surface area contributed by atoms with E-state index in [1.165, 1.54) is 44.1 Å². The standard InChI is InChI=1S/C26H23FN2O5S/c1-32-21-12-17(13-22(33-2)24(21)34-3)29-23(30)15-35-26(29)18-9-5-7-11-20(18)28(25(26)31)14-16-8-4-6-10-19(16)27/h4-13H,14-15H2,1-3H3/t26-/m1/s1. The molecular formula is C26H23FN2O5S. The lowest BCUT2D eigenvalue weighted by Crippen LogP contribution is -2.49. The van der Waals surface area contributed by atoms with Crippen molar-refractivity contribution in [3.05, 3.63) is 77.6 Å². The predicted molar refractivity (Wildman–Crippen MR) is 132 cm³/mol. The first-order valence-electron chi connectivity index (χ1n) is 10.9. The highest BCUT2D eigenvalue weighted by Gasteiger charge is 2.61. The number of ether oxygens (including phenoxy) is 3. The number of para-hydroxylation sites is 1. The zero-order chi connectivity index (χ0) is 24.7. The zero-order valence-electron chi connectivity index (χ0n) is 19.4. The Kier molecular flexibility index (Phi) is 5.80. The molecule has 0 aromatic heterocycles. The van der Waals surface area contributed by atoms with E-state index in [2.05, 4.69) is 0 Å². The lowest BCUT2D eigenvalue weighted by Gasteiger charge is -2.33. The van der Waals surface area contributed by atoms with Crippen molar-refractivity contribution in [2.75, 3.05) is 36.9 Å². The molecule has 1 atom stereocenters. The minimum atomic E-state index is -1.34. The molecule has 2 aliphatic heterocycles. The van der Waals surface area contributed by atoms with Gasteiger partial charge in [-0.15, -0.1) is 11.8 Å². The second-order valence-corrected chi connectivity index (χ2v) is 9.21.